The summed E-state index contributed by atoms with van der Waals surface area (Å²) in [6, 6.07) is 8.46. The molecule has 0 unspecified atom stereocenters. The van der Waals surface area contributed by atoms with E-state index in [4.69, 9.17) is 10.5 Å². The van der Waals surface area contributed by atoms with Gasteiger partial charge in [0.1, 0.15) is 5.82 Å². The smallest absolute Gasteiger partial charge is 0.147 e. The van der Waals surface area contributed by atoms with Crippen LogP contribution in [-0.2, 0) is 0 Å². The highest BCUT2D eigenvalue weighted by atomic mass is 19.1. The van der Waals surface area contributed by atoms with Gasteiger partial charge in [-0.25, -0.2) is 4.39 Å². The third-order valence-corrected chi connectivity index (χ3v) is 2.69. The van der Waals surface area contributed by atoms with Gasteiger partial charge in [-0.05, 0) is 44.9 Å². The maximum atomic E-state index is 13.5. The highest BCUT2D eigenvalue weighted by Gasteiger charge is 2.15. The van der Waals surface area contributed by atoms with Crippen LogP contribution in [0.4, 0.5) is 10.1 Å². The van der Waals surface area contributed by atoms with Crippen LogP contribution in [0.15, 0.2) is 18.2 Å². The van der Waals surface area contributed by atoms with E-state index in [0.717, 1.165) is 12.8 Å². The van der Waals surface area contributed by atoms with Crippen LogP contribution in [0, 0.1) is 33.9 Å². The molecule has 1 N–H and O–H groups in total. The van der Waals surface area contributed by atoms with E-state index < -0.39 is 5.82 Å². The molecule has 18 heavy (non-hydrogen) atoms. The predicted molar refractivity (Wildman–Crippen MR) is 68.2 cm³/mol. The fraction of sp³-hybridized carbons (Fsp3) is 0.429. The number of hydrogen-bond acceptors (Lipinski definition) is 3. The van der Waals surface area contributed by atoms with Crippen LogP contribution in [0.1, 0.15) is 32.3 Å². The van der Waals surface area contributed by atoms with Gasteiger partial charge in [0.2, 0.25) is 0 Å². The van der Waals surface area contributed by atoms with E-state index in [1.54, 1.807) is 12.1 Å². The van der Waals surface area contributed by atoms with Crippen molar-refractivity contribution in [3.63, 3.8) is 0 Å². The summed E-state index contributed by atoms with van der Waals surface area (Å²) in [5, 5.41) is 20.4. The first-order valence-corrected chi connectivity index (χ1v) is 5.83. The topological polar surface area (TPSA) is 59.6 Å². The zero-order valence-electron chi connectivity index (χ0n) is 10.6. The lowest BCUT2D eigenvalue weighted by Gasteiger charge is -2.15. The first-order chi connectivity index (χ1) is 8.48. The van der Waals surface area contributed by atoms with Crippen LogP contribution in [-0.4, -0.2) is 6.54 Å². The van der Waals surface area contributed by atoms with Crippen molar-refractivity contribution in [3.05, 3.63) is 29.6 Å². The monoisotopic (exact) mass is 245 g/mol. The van der Waals surface area contributed by atoms with Crippen molar-refractivity contribution in [1.29, 1.82) is 10.5 Å². The van der Waals surface area contributed by atoms with Crippen molar-refractivity contribution in [3.8, 4) is 12.1 Å². The predicted octanol–water partition coefficient (Wildman–Crippen LogP) is 3.44. The van der Waals surface area contributed by atoms with Gasteiger partial charge in [-0.1, -0.05) is 0 Å². The quantitative estimate of drug-likeness (QED) is 0.808. The molecular formula is C14H16FN3. The molecule has 0 amide bonds. The van der Waals surface area contributed by atoms with Crippen molar-refractivity contribution < 1.29 is 4.39 Å². The first kappa shape index (κ1) is 14.0. The molecule has 3 nitrogen and oxygen atoms in total. The number of hydrogen-bond donors (Lipinski definition) is 1. The number of halogens is 1. The van der Waals surface area contributed by atoms with E-state index >= 15 is 0 Å². The second kappa shape index (κ2) is 6.02. The molecule has 0 bridgehead atoms. The Bertz CT molecular complexity index is 495. The highest BCUT2D eigenvalue weighted by Crippen LogP contribution is 2.21. The molecule has 1 aromatic carbocycles. The Kier molecular flexibility index (Phi) is 4.68. The molecule has 0 aromatic heterocycles. The van der Waals surface area contributed by atoms with Crippen molar-refractivity contribution in [2.45, 2.75) is 26.7 Å². The Morgan fingerprint density at radius 1 is 1.33 bits per heavy atom. The zero-order chi connectivity index (χ0) is 13.6. The SMILES string of the molecule is CC(C)(C#N)CCCNc1ccc(C#N)cc1F. The minimum absolute atomic E-state index is 0.309. The number of nitriles is 2. The average Bonchev–Trinajstić information content (AvgIpc) is 2.36. The van der Waals surface area contributed by atoms with Gasteiger partial charge < -0.3 is 5.32 Å². The van der Waals surface area contributed by atoms with Crippen molar-refractivity contribution >= 4 is 5.69 Å². The lowest BCUT2D eigenvalue weighted by atomic mass is 9.90. The maximum absolute atomic E-state index is 13.5. The summed E-state index contributed by atoms with van der Waals surface area (Å²) in [7, 11) is 0. The van der Waals surface area contributed by atoms with Crippen molar-refractivity contribution in [2.75, 3.05) is 11.9 Å². The van der Waals surface area contributed by atoms with Gasteiger partial charge in [0.25, 0.3) is 0 Å². The molecule has 0 fully saturated rings. The van der Waals surface area contributed by atoms with E-state index in [9.17, 15) is 4.39 Å². The van der Waals surface area contributed by atoms with Crippen LogP contribution >= 0.6 is 0 Å². The Labute approximate surface area is 107 Å². The summed E-state index contributed by atoms with van der Waals surface area (Å²) in [6.07, 6.45) is 1.55. The highest BCUT2D eigenvalue weighted by molar-refractivity contribution is 5.48. The molecule has 1 aromatic rings. The van der Waals surface area contributed by atoms with Gasteiger partial charge in [-0.3, -0.25) is 0 Å². The molecule has 0 aliphatic rings. The van der Waals surface area contributed by atoms with Gasteiger partial charge in [0.05, 0.1) is 28.8 Å². The molecule has 0 atom stereocenters. The number of nitrogens with zero attached hydrogens (tertiary/aromatic N) is 2. The van der Waals surface area contributed by atoms with Gasteiger partial charge in [-0.2, -0.15) is 10.5 Å². The molecule has 0 saturated heterocycles. The summed E-state index contributed by atoms with van der Waals surface area (Å²) in [6.45, 7) is 4.37. The second-order valence-corrected chi connectivity index (χ2v) is 4.83. The van der Waals surface area contributed by atoms with E-state index in [-0.39, 0.29) is 5.41 Å². The summed E-state index contributed by atoms with van der Waals surface area (Å²) < 4.78 is 13.5. The summed E-state index contributed by atoms with van der Waals surface area (Å²) in [5.74, 6) is -0.423. The van der Waals surface area contributed by atoms with Crippen molar-refractivity contribution in [2.24, 2.45) is 5.41 Å². The molecule has 0 heterocycles. The third kappa shape index (κ3) is 4.07. The fourth-order valence-electron chi connectivity index (χ4n) is 1.54. The van der Waals surface area contributed by atoms with Crippen LogP contribution in [0.25, 0.3) is 0 Å². The first-order valence-electron chi connectivity index (χ1n) is 5.83. The largest absolute Gasteiger partial charge is 0.383 e. The Morgan fingerprint density at radius 3 is 2.61 bits per heavy atom. The van der Waals surface area contributed by atoms with E-state index in [0.29, 0.717) is 17.8 Å². The third-order valence-electron chi connectivity index (χ3n) is 2.69. The molecule has 0 saturated carbocycles. The molecule has 0 spiro atoms. The standard InChI is InChI=1S/C14H16FN3/c1-14(2,10-17)6-3-7-18-13-5-4-11(9-16)8-12(13)15/h4-5,8,18H,3,6-7H2,1-2H3. The summed E-state index contributed by atoms with van der Waals surface area (Å²) in [4.78, 5) is 0. The second-order valence-electron chi connectivity index (χ2n) is 4.83. The average molecular weight is 245 g/mol. The number of benzene rings is 1. The zero-order valence-corrected chi connectivity index (χ0v) is 10.6. The molecule has 4 heteroatoms. The molecule has 1 rings (SSSR count). The van der Waals surface area contributed by atoms with E-state index in [2.05, 4.69) is 11.4 Å². The number of rotatable bonds is 5. The fourth-order valence-corrected chi connectivity index (χ4v) is 1.54. The minimum Gasteiger partial charge on any atom is -0.383 e. The van der Waals surface area contributed by atoms with Gasteiger partial charge in [0.15, 0.2) is 0 Å². The summed E-state index contributed by atoms with van der Waals surface area (Å²) >= 11 is 0. The molecule has 0 aliphatic heterocycles. The maximum Gasteiger partial charge on any atom is 0.147 e. The van der Waals surface area contributed by atoms with Crippen LogP contribution < -0.4 is 5.32 Å². The lowest BCUT2D eigenvalue weighted by molar-refractivity contribution is 0.441. The number of nitrogens with one attached hydrogen (secondary N) is 1. The van der Waals surface area contributed by atoms with Gasteiger partial charge in [-0.15, -0.1) is 0 Å². The minimum atomic E-state index is -0.423. The van der Waals surface area contributed by atoms with Gasteiger partial charge >= 0.3 is 0 Å². The molecule has 0 aliphatic carbocycles. The summed E-state index contributed by atoms with van der Waals surface area (Å²) in [5.41, 5.74) is 0.359. The van der Waals surface area contributed by atoms with E-state index in [1.165, 1.54) is 6.07 Å². The Morgan fingerprint density at radius 2 is 2.06 bits per heavy atom. The van der Waals surface area contributed by atoms with Crippen LogP contribution in [0.3, 0.4) is 0 Å². The number of anilines is 1. The Balaban J connectivity index is 2.46. The molecular weight excluding hydrogens is 229 g/mol. The van der Waals surface area contributed by atoms with E-state index in [1.807, 2.05) is 19.9 Å². The molecule has 0 radical (unpaired) electrons. The lowest BCUT2D eigenvalue weighted by Crippen LogP contribution is -2.11. The van der Waals surface area contributed by atoms with Crippen LogP contribution in [0.2, 0.25) is 0 Å². The normalized spacial score (nSPS) is 10.5. The van der Waals surface area contributed by atoms with Crippen LogP contribution in [0.5, 0.6) is 0 Å². The Hall–Kier alpha value is -2.07. The van der Waals surface area contributed by atoms with Crippen molar-refractivity contribution in [1.82, 2.24) is 0 Å². The van der Waals surface area contributed by atoms with Gasteiger partial charge in [0, 0.05) is 6.54 Å². The molecule has 94 valence electrons.